The number of nitrogens with zero attached hydrogens (tertiary/aromatic N) is 2. The Morgan fingerprint density at radius 1 is 1.07 bits per heavy atom. The van der Waals surface area contributed by atoms with E-state index >= 15 is 0 Å². The lowest BCUT2D eigenvalue weighted by atomic mass is 10.2. The van der Waals surface area contributed by atoms with Gasteiger partial charge in [0.25, 0.3) is 0 Å². The van der Waals surface area contributed by atoms with Gasteiger partial charge in [0.15, 0.2) is 0 Å². The van der Waals surface area contributed by atoms with Gasteiger partial charge in [-0.05, 0) is 49.6 Å². The van der Waals surface area contributed by atoms with E-state index in [9.17, 15) is 13.2 Å². The summed E-state index contributed by atoms with van der Waals surface area (Å²) in [6.07, 6.45) is 1.01. The van der Waals surface area contributed by atoms with Crippen molar-refractivity contribution in [2.45, 2.75) is 38.6 Å². The van der Waals surface area contributed by atoms with Gasteiger partial charge in [-0.25, -0.2) is 8.42 Å². The Bertz CT molecular complexity index is 961. The van der Waals surface area contributed by atoms with E-state index in [0.717, 1.165) is 22.4 Å². The maximum absolute atomic E-state index is 13.0. The number of carbonyl (C=O) groups excluding carboxylic acids is 1. The highest BCUT2D eigenvalue weighted by Crippen LogP contribution is 2.22. The first-order valence-corrected chi connectivity index (χ1v) is 12.2. The summed E-state index contributed by atoms with van der Waals surface area (Å²) >= 11 is 1.72. The summed E-state index contributed by atoms with van der Waals surface area (Å²) in [6.45, 7) is 8.58. The van der Waals surface area contributed by atoms with Crippen LogP contribution in [0.5, 0.6) is 0 Å². The summed E-state index contributed by atoms with van der Waals surface area (Å²) in [5, 5.41) is 2.96. The van der Waals surface area contributed by atoms with Crippen molar-refractivity contribution in [3.8, 4) is 0 Å². The molecule has 0 atom stereocenters. The van der Waals surface area contributed by atoms with Crippen LogP contribution < -0.4 is 5.32 Å². The second kappa shape index (κ2) is 9.38. The second-order valence-corrected chi connectivity index (χ2v) is 10.6. The molecule has 29 heavy (non-hydrogen) atoms. The summed E-state index contributed by atoms with van der Waals surface area (Å²) in [7, 11) is -3.51. The maximum atomic E-state index is 13.0. The molecular formula is C21H29N3O3S2. The summed E-state index contributed by atoms with van der Waals surface area (Å²) < 4.78 is 27.5. The highest BCUT2D eigenvalue weighted by atomic mass is 32.2. The van der Waals surface area contributed by atoms with Crippen LogP contribution in [0.1, 0.15) is 27.8 Å². The topological polar surface area (TPSA) is 69.7 Å². The molecular weight excluding hydrogens is 406 g/mol. The van der Waals surface area contributed by atoms with E-state index in [1.807, 2.05) is 30.9 Å². The number of benzene rings is 1. The Hall–Kier alpha value is -1.74. The summed E-state index contributed by atoms with van der Waals surface area (Å²) in [5.74, 6) is -0.0257. The molecule has 1 aromatic heterocycles. The number of amides is 1. The van der Waals surface area contributed by atoms with Crippen molar-refractivity contribution >= 4 is 27.3 Å². The van der Waals surface area contributed by atoms with Gasteiger partial charge in [-0.15, -0.1) is 11.3 Å². The SMILES string of the molecule is CCc1ccc(CNC(=O)CN2CCN(S(=O)(=O)c3cc(C)ccc3C)CC2)s1. The third kappa shape index (κ3) is 5.45. The molecule has 1 aliphatic heterocycles. The van der Waals surface area contributed by atoms with E-state index in [0.29, 0.717) is 44.2 Å². The van der Waals surface area contributed by atoms with Crippen molar-refractivity contribution in [3.05, 3.63) is 51.2 Å². The van der Waals surface area contributed by atoms with Crippen LogP contribution in [0.25, 0.3) is 0 Å². The third-order valence-electron chi connectivity index (χ3n) is 5.19. The fourth-order valence-corrected chi connectivity index (χ4v) is 6.03. The number of rotatable bonds is 7. The van der Waals surface area contributed by atoms with E-state index in [1.165, 1.54) is 9.18 Å². The van der Waals surface area contributed by atoms with Crippen molar-refractivity contribution < 1.29 is 13.2 Å². The van der Waals surface area contributed by atoms with Gasteiger partial charge in [-0.2, -0.15) is 4.31 Å². The molecule has 6 nitrogen and oxygen atoms in total. The van der Waals surface area contributed by atoms with Crippen LogP contribution in [0.15, 0.2) is 35.2 Å². The smallest absolute Gasteiger partial charge is 0.243 e. The third-order valence-corrected chi connectivity index (χ3v) is 8.46. The van der Waals surface area contributed by atoms with Gasteiger partial charge >= 0.3 is 0 Å². The second-order valence-electron chi connectivity index (χ2n) is 7.45. The fourth-order valence-electron chi connectivity index (χ4n) is 3.40. The molecule has 2 aromatic rings. The van der Waals surface area contributed by atoms with Gasteiger partial charge in [-0.3, -0.25) is 9.69 Å². The molecule has 158 valence electrons. The minimum Gasteiger partial charge on any atom is -0.350 e. The first-order valence-electron chi connectivity index (χ1n) is 9.93. The van der Waals surface area contributed by atoms with Crippen molar-refractivity contribution in [2.24, 2.45) is 0 Å². The normalized spacial score (nSPS) is 16.1. The molecule has 0 bridgehead atoms. The van der Waals surface area contributed by atoms with Crippen LogP contribution >= 0.6 is 11.3 Å². The van der Waals surface area contributed by atoms with E-state index in [4.69, 9.17) is 0 Å². The fraction of sp³-hybridized carbons (Fsp3) is 0.476. The zero-order chi connectivity index (χ0) is 21.0. The predicted octanol–water partition coefficient (Wildman–Crippen LogP) is 2.55. The van der Waals surface area contributed by atoms with Gasteiger partial charge in [0.05, 0.1) is 18.0 Å². The lowest BCUT2D eigenvalue weighted by Gasteiger charge is -2.33. The molecule has 3 rings (SSSR count). The largest absolute Gasteiger partial charge is 0.350 e. The molecule has 0 aliphatic carbocycles. The number of hydrogen-bond donors (Lipinski definition) is 1. The Balaban J connectivity index is 1.50. The van der Waals surface area contributed by atoms with Crippen molar-refractivity contribution in [1.82, 2.24) is 14.5 Å². The van der Waals surface area contributed by atoms with Gasteiger partial charge in [0, 0.05) is 35.9 Å². The van der Waals surface area contributed by atoms with Crippen molar-refractivity contribution in [1.29, 1.82) is 0 Å². The highest BCUT2D eigenvalue weighted by molar-refractivity contribution is 7.89. The minimum atomic E-state index is -3.51. The summed E-state index contributed by atoms with van der Waals surface area (Å²) in [6, 6.07) is 9.66. The molecule has 1 amide bonds. The van der Waals surface area contributed by atoms with E-state index in [2.05, 4.69) is 24.4 Å². The van der Waals surface area contributed by atoms with Crippen LogP contribution in [0.2, 0.25) is 0 Å². The molecule has 0 spiro atoms. The molecule has 0 radical (unpaired) electrons. The van der Waals surface area contributed by atoms with Crippen molar-refractivity contribution in [2.75, 3.05) is 32.7 Å². The van der Waals surface area contributed by atoms with Gasteiger partial charge < -0.3 is 5.32 Å². The van der Waals surface area contributed by atoms with Gasteiger partial charge in [0.1, 0.15) is 0 Å². The Morgan fingerprint density at radius 3 is 2.41 bits per heavy atom. The Kier molecular flexibility index (Phi) is 7.10. The number of piperazine rings is 1. The number of nitrogens with one attached hydrogen (secondary N) is 1. The van der Waals surface area contributed by atoms with E-state index in [-0.39, 0.29) is 5.91 Å². The highest BCUT2D eigenvalue weighted by Gasteiger charge is 2.30. The minimum absolute atomic E-state index is 0.0257. The molecule has 2 heterocycles. The molecule has 1 N–H and O–H groups in total. The van der Waals surface area contributed by atoms with Gasteiger partial charge in [0.2, 0.25) is 15.9 Å². The summed E-state index contributed by atoms with van der Waals surface area (Å²) in [5.41, 5.74) is 1.69. The number of carbonyl (C=O) groups is 1. The molecule has 1 aromatic carbocycles. The van der Waals surface area contributed by atoms with E-state index in [1.54, 1.807) is 17.4 Å². The molecule has 1 aliphatic rings. The average molecular weight is 436 g/mol. The monoisotopic (exact) mass is 435 g/mol. The van der Waals surface area contributed by atoms with Gasteiger partial charge in [-0.1, -0.05) is 19.1 Å². The lowest BCUT2D eigenvalue weighted by molar-refractivity contribution is -0.122. The molecule has 0 unspecified atom stereocenters. The molecule has 8 heteroatoms. The number of thiophene rings is 1. The number of aryl methyl sites for hydroxylation is 3. The standard InChI is InChI=1S/C21H29N3O3S2/c1-4-18-7-8-19(28-18)14-22-21(25)15-23-9-11-24(12-10-23)29(26,27)20-13-16(2)5-6-17(20)3/h5-8,13H,4,9-12,14-15H2,1-3H3,(H,22,25). The van der Waals surface area contributed by atoms with E-state index < -0.39 is 10.0 Å². The van der Waals surface area contributed by atoms with Crippen LogP contribution in [-0.4, -0.2) is 56.3 Å². The van der Waals surface area contributed by atoms with Crippen LogP contribution in [-0.2, 0) is 27.8 Å². The average Bonchev–Trinajstić information content (AvgIpc) is 3.17. The van der Waals surface area contributed by atoms with Crippen LogP contribution in [0.4, 0.5) is 0 Å². The summed E-state index contributed by atoms with van der Waals surface area (Å²) in [4.78, 5) is 17.1. The van der Waals surface area contributed by atoms with Crippen LogP contribution in [0, 0.1) is 13.8 Å². The molecule has 1 saturated heterocycles. The number of hydrogen-bond acceptors (Lipinski definition) is 5. The molecule has 0 saturated carbocycles. The molecule has 1 fully saturated rings. The lowest BCUT2D eigenvalue weighted by Crippen LogP contribution is -2.51. The first-order chi connectivity index (χ1) is 13.8. The van der Waals surface area contributed by atoms with Crippen LogP contribution in [0.3, 0.4) is 0 Å². The first kappa shape index (κ1) is 22.0. The zero-order valence-corrected chi connectivity index (χ0v) is 18.9. The van der Waals surface area contributed by atoms with Crippen molar-refractivity contribution in [3.63, 3.8) is 0 Å². The zero-order valence-electron chi connectivity index (χ0n) is 17.3. The quantitative estimate of drug-likeness (QED) is 0.726. The Labute approximate surface area is 177 Å². The maximum Gasteiger partial charge on any atom is 0.243 e. The Morgan fingerprint density at radius 2 is 1.76 bits per heavy atom. The number of sulfonamides is 1. The predicted molar refractivity (Wildman–Crippen MR) is 117 cm³/mol.